The Bertz CT molecular complexity index is 995. The maximum absolute atomic E-state index is 12.9. The van der Waals surface area contributed by atoms with Crippen molar-refractivity contribution in [2.24, 2.45) is 0 Å². The first-order valence-electron chi connectivity index (χ1n) is 8.76. The van der Waals surface area contributed by atoms with Gasteiger partial charge in [-0.3, -0.25) is 9.59 Å². The Kier molecular flexibility index (Phi) is 5.82. The van der Waals surface area contributed by atoms with Crippen LogP contribution in [0.3, 0.4) is 0 Å². The average Bonchev–Trinajstić information content (AvgIpc) is 3.21. The number of amides is 2. The predicted molar refractivity (Wildman–Crippen MR) is 109 cm³/mol. The summed E-state index contributed by atoms with van der Waals surface area (Å²) in [6.07, 6.45) is 0. The molecule has 2 heterocycles. The zero-order valence-electron chi connectivity index (χ0n) is 15.5. The third-order valence-electron chi connectivity index (χ3n) is 4.21. The maximum Gasteiger partial charge on any atom is 0.264 e. The van der Waals surface area contributed by atoms with Gasteiger partial charge in [-0.15, -0.1) is 11.3 Å². The number of halogens is 1. The first-order valence-corrected chi connectivity index (χ1v) is 9.95. The SMILES string of the molecule is CCNC(=O)CN(CC)C(=O)c1cc2c(C)nn(-c3ccccc3Cl)c2s1. The Morgan fingerprint density at radius 1 is 1.30 bits per heavy atom. The summed E-state index contributed by atoms with van der Waals surface area (Å²) in [5, 5.41) is 8.81. The Labute approximate surface area is 166 Å². The van der Waals surface area contributed by atoms with Crippen molar-refractivity contribution in [1.82, 2.24) is 20.0 Å². The van der Waals surface area contributed by atoms with Gasteiger partial charge in [-0.25, -0.2) is 4.68 Å². The molecule has 27 heavy (non-hydrogen) atoms. The molecule has 0 bridgehead atoms. The van der Waals surface area contributed by atoms with Gasteiger partial charge in [0.2, 0.25) is 5.91 Å². The largest absolute Gasteiger partial charge is 0.355 e. The normalized spacial score (nSPS) is 11.0. The Hall–Kier alpha value is -2.38. The fraction of sp³-hybridized carbons (Fsp3) is 0.316. The minimum absolute atomic E-state index is 0.0486. The summed E-state index contributed by atoms with van der Waals surface area (Å²) in [7, 11) is 0. The zero-order valence-corrected chi connectivity index (χ0v) is 17.0. The second-order valence-electron chi connectivity index (χ2n) is 6.05. The highest BCUT2D eigenvalue weighted by Gasteiger charge is 2.22. The van der Waals surface area contributed by atoms with Gasteiger partial charge in [0, 0.05) is 18.5 Å². The molecule has 3 rings (SSSR count). The van der Waals surface area contributed by atoms with Crippen LogP contribution in [0, 0.1) is 6.92 Å². The number of carbonyl (C=O) groups is 2. The number of benzene rings is 1. The summed E-state index contributed by atoms with van der Waals surface area (Å²) in [6, 6.07) is 9.31. The number of aryl methyl sites for hydroxylation is 1. The number of thiophene rings is 1. The number of aromatic nitrogens is 2. The van der Waals surface area contributed by atoms with Gasteiger partial charge in [0.15, 0.2) is 0 Å². The van der Waals surface area contributed by atoms with Gasteiger partial charge in [-0.05, 0) is 39.0 Å². The van der Waals surface area contributed by atoms with Crippen molar-refractivity contribution in [3.63, 3.8) is 0 Å². The fourth-order valence-electron chi connectivity index (χ4n) is 2.85. The monoisotopic (exact) mass is 404 g/mol. The van der Waals surface area contributed by atoms with Crippen LogP contribution >= 0.6 is 22.9 Å². The summed E-state index contributed by atoms with van der Waals surface area (Å²) >= 11 is 7.68. The maximum atomic E-state index is 12.9. The second-order valence-corrected chi connectivity index (χ2v) is 7.49. The fourth-order valence-corrected chi connectivity index (χ4v) is 4.21. The second kappa shape index (κ2) is 8.10. The molecule has 2 amide bonds. The molecule has 0 unspecified atom stereocenters. The molecule has 1 aromatic carbocycles. The smallest absolute Gasteiger partial charge is 0.264 e. The molecular weight excluding hydrogens is 384 g/mol. The van der Waals surface area contributed by atoms with Crippen LogP contribution in [0.15, 0.2) is 30.3 Å². The third-order valence-corrected chi connectivity index (χ3v) is 5.63. The van der Waals surface area contributed by atoms with Crippen LogP contribution < -0.4 is 5.32 Å². The number of nitrogens with zero attached hydrogens (tertiary/aromatic N) is 3. The summed E-state index contributed by atoms with van der Waals surface area (Å²) in [5.41, 5.74) is 1.60. The van der Waals surface area contributed by atoms with Gasteiger partial charge in [-0.2, -0.15) is 5.10 Å². The minimum Gasteiger partial charge on any atom is -0.355 e. The molecule has 0 atom stereocenters. The lowest BCUT2D eigenvalue weighted by Crippen LogP contribution is -2.40. The predicted octanol–water partition coefficient (Wildman–Crippen LogP) is 3.65. The van der Waals surface area contributed by atoms with E-state index in [1.165, 1.54) is 16.2 Å². The molecule has 8 heteroatoms. The van der Waals surface area contributed by atoms with Crippen molar-refractivity contribution in [3.8, 4) is 5.69 Å². The molecule has 0 radical (unpaired) electrons. The molecule has 0 aliphatic rings. The number of hydrogen-bond donors (Lipinski definition) is 1. The molecule has 1 N–H and O–H groups in total. The van der Waals surface area contributed by atoms with E-state index in [2.05, 4.69) is 10.4 Å². The first kappa shape index (κ1) is 19.4. The van der Waals surface area contributed by atoms with E-state index in [1.54, 1.807) is 4.68 Å². The van der Waals surface area contributed by atoms with Crippen LogP contribution in [0.1, 0.15) is 29.2 Å². The topological polar surface area (TPSA) is 67.2 Å². The average molecular weight is 405 g/mol. The molecule has 0 saturated carbocycles. The Balaban J connectivity index is 1.97. The van der Waals surface area contributed by atoms with Crippen LogP contribution in [0.4, 0.5) is 0 Å². The first-order chi connectivity index (χ1) is 13.0. The lowest BCUT2D eigenvalue weighted by Gasteiger charge is -2.19. The number of nitrogens with one attached hydrogen (secondary N) is 1. The summed E-state index contributed by atoms with van der Waals surface area (Å²) in [5.74, 6) is -0.317. The van der Waals surface area contributed by atoms with Crippen molar-refractivity contribution in [2.75, 3.05) is 19.6 Å². The van der Waals surface area contributed by atoms with E-state index in [9.17, 15) is 9.59 Å². The molecule has 0 saturated heterocycles. The van der Waals surface area contributed by atoms with E-state index < -0.39 is 0 Å². The number of likely N-dealkylation sites (N-methyl/N-ethyl adjacent to an activating group) is 2. The van der Waals surface area contributed by atoms with Crippen molar-refractivity contribution in [1.29, 1.82) is 0 Å². The highest BCUT2D eigenvalue weighted by molar-refractivity contribution is 7.20. The van der Waals surface area contributed by atoms with E-state index in [0.717, 1.165) is 21.6 Å². The van der Waals surface area contributed by atoms with Crippen LogP contribution in [-0.2, 0) is 4.79 Å². The summed E-state index contributed by atoms with van der Waals surface area (Å²) < 4.78 is 1.77. The van der Waals surface area contributed by atoms with Gasteiger partial charge in [-0.1, -0.05) is 23.7 Å². The highest BCUT2D eigenvalue weighted by atomic mass is 35.5. The van der Waals surface area contributed by atoms with Crippen LogP contribution in [-0.4, -0.2) is 46.1 Å². The van der Waals surface area contributed by atoms with E-state index >= 15 is 0 Å². The molecule has 142 valence electrons. The zero-order chi connectivity index (χ0) is 19.6. The van der Waals surface area contributed by atoms with E-state index in [-0.39, 0.29) is 18.4 Å². The van der Waals surface area contributed by atoms with Gasteiger partial charge in [0.25, 0.3) is 5.91 Å². The lowest BCUT2D eigenvalue weighted by atomic mass is 10.3. The van der Waals surface area contributed by atoms with Gasteiger partial charge in [0.05, 0.1) is 27.8 Å². The van der Waals surface area contributed by atoms with Crippen LogP contribution in [0.25, 0.3) is 15.9 Å². The van der Waals surface area contributed by atoms with E-state index in [4.69, 9.17) is 11.6 Å². The summed E-state index contributed by atoms with van der Waals surface area (Å²) in [6.45, 7) is 6.67. The number of hydrogen-bond acceptors (Lipinski definition) is 4. The molecular formula is C19H21ClN4O2S. The van der Waals surface area contributed by atoms with Crippen molar-refractivity contribution < 1.29 is 9.59 Å². The Morgan fingerprint density at radius 3 is 2.70 bits per heavy atom. The molecule has 0 fully saturated rings. The van der Waals surface area contributed by atoms with Crippen LogP contribution in [0.2, 0.25) is 5.02 Å². The Morgan fingerprint density at radius 2 is 2.04 bits per heavy atom. The number of rotatable bonds is 6. The number of fused-ring (bicyclic) bond motifs is 1. The van der Waals surface area contributed by atoms with Crippen molar-refractivity contribution >= 4 is 45.0 Å². The van der Waals surface area contributed by atoms with Crippen LogP contribution in [0.5, 0.6) is 0 Å². The standard InChI is InChI=1S/C19H21ClN4O2S/c1-4-21-17(25)11-23(5-2)18(26)16-10-13-12(3)22-24(19(13)27-16)15-9-7-6-8-14(15)20/h6-10H,4-5,11H2,1-3H3,(H,21,25). The molecule has 0 aliphatic carbocycles. The molecule has 0 spiro atoms. The van der Waals surface area contributed by atoms with E-state index in [0.29, 0.717) is 23.0 Å². The lowest BCUT2D eigenvalue weighted by molar-refractivity contribution is -0.121. The van der Waals surface area contributed by atoms with Gasteiger partial charge < -0.3 is 10.2 Å². The minimum atomic E-state index is -0.160. The molecule has 2 aromatic heterocycles. The number of carbonyl (C=O) groups excluding carboxylic acids is 2. The quantitative estimate of drug-likeness (QED) is 0.681. The third kappa shape index (κ3) is 3.84. The van der Waals surface area contributed by atoms with Crippen molar-refractivity contribution in [2.45, 2.75) is 20.8 Å². The number of para-hydroxylation sites is 1. The molecule has 6 nitrogen and oxygen atoms in total. The highest BCUT2D eigenvalue weighted by Crippen LogP contribution is 2.32. The van der Waals surface area contributed by atoms with Gasteiger partial charge >= 0.3 is 0 Å². The molecule has 3 aromatic rings. The summed E-state index contributed by atoms with van der Waals surface area (Å²) in [4.78, 5) is 27.8. The van der Waals surface area contributed by atoms with E-state index in [1.807, 2.05) is 51.1 Å². The van der Waals surface area contributed by atoms with Gasteiger partial charge in [0.1, 0.15) is 4.83 Å². The van der Waals surface area contributed by atoms with Crippen molar-refractivity contribution in [3.05, 3.63) is 45.9 Å². The molecule has 0 aliphatic heterocycles.